The molecule has 1 aliphatic heterocycles. The molecule has 1 fully saturated rings. The summed E-state index contributed by atoms with van der Waals surface area (Å²) in [6, 6.07) is 3.71. The van der Waals surface area contributed by atoms with E-state index in [-0.39, 0.29) is 24.3 Å². The Balaban J connectivity index is 1.43. The van der Waals surface area contributed by atoms with Gasteiger partial charge in [0.1, 0.15) is 12.9 Å². The maximum Gasteiger partial charge on any atom is 0.246 e. The number of aromatic amines is 1. The Morgan fingerprint density at radius 3 is 3.13 bits per heavy atom. The van der Waals surface area contributed by atoms with Gasteiger partial charge < -0.3 is 19.9 Å². The molecule has 0 aliphatic carbocycles. The number of nitrogens with zero attached hydrogens (tertiary/aromatic N) is 4. The molecule has 3 aromatic rings. The van der Waals surface area contributed by atoms with Crippen LogP contribution in [0, 0.1) is 23.5 Å². The fourth-order valence-corrected chi connectivity index (χ4v) is 3.22. The maximum atomic E-state index is 13.6. The second-order valence-corrected chi connectivity index (χ2v) is 6.77. The van der Waals surface area contributed by atoms with Gasteiger partial charge >= 0.3 is 0 Å². The minimum absolute atomic E-state index is 0.0304. The number of carbonyl (C=O) groups excluding carboxylic acids is 1. The summed E-state index contributed by atoms with van der Waals surface area (Å²) in [5, 5.41) is 3.29. The highest BCUT2D eigenvalue weighted by molar-refractivity contribution is 5.87. The third kappa shape index (κ3) is 4.45. The molecule has 158 valence electrons. The first-order valence-corrected chi connectivity index (χ1v) is 9.49. The standard InChI is InChI=1S/C21H18F2N6O2/c1-2-17(30)29-9-8-13(11-29)26-20-19-21(25-12-24-20)28-16(27-19)7-4-10-31-15-6-3-5-14(22)18(15)23/h2-3,5-6,12-13H,1,8-11H2,(H2,24,25,26,27,28)/t13-/m1/s1. The van der Waals surface area contributed by atoms with Crippen LogP contribution in [0.4, 0.5) is 14.6 Å². The molecular weight excluding hydrogens is 406 g/mol. The van der Waals surface area contributed by atoms with E-state index in [0.717, 1.165) is 12.5 Å². The maximum absolute atomic E-state index is 13.6. The summed E-state index contributed by atoms with van der Waals surface area (Å²) in [5.74, 6) is 3.98. The first-order valence-electron chi connectivity index (χ1n) is 9.49. The van der Waals surface area contributed by atoms with Gasteiger partial charge in [-0.25, -0.2) is 19.3 Å². The molecule has 3 heterocycles. The van der Waals surface area contributed by atoms with Gasteiger partial charge in [0.2, 0.25) is 11.7 Å². The molecule has 31 heavy (non-hydrogen) atoms. The molecule has 2 N–H and O–H groups in total. The highest BCUT2D eigenvalue weighted by Crippen LogP contribution is 2.21. The number of anilines is 1. The summed E-state index contributed by atoms with van der Waals surface area (Å²) < 4.78 is 31.9. The Bertz CT molecular complexity index is 1200. The summed E-state index contributed by atoms with van der Waals surface area (Å²) in [6.45, 7) is 4.54. The predicted molar refractivity (Wildman–Crippen MR) is 109 cm³/mol. The quantitative estimate of drug-likeness (QED) is 0.482. The molecule has 1 aliphatic rings. The van der Waals surface area contributed by atoms with Gasteiger partial charge in [0, 0.05) is 19.1 Å². The van der Waals surface area contributed by atoms with E-state index in [1.54, 1.807) is 4.90 Å². The van der Waals surface area contributed by atoms with Crippen molar-refractivity contribution in [3.63, 3.8) is 0 Å². The van der Waals surface area contributed by atoms with Gasteiger partial charge in [0.25, 0.3) is 0 Å². The van der Waals surface area contributed by atoms with Crippen LogP contribution in [0.1, 0.15) is 12.2 Å². The molecule has 1 amide bonds. The van der Waals surface area contributed by atoms with Gasteiger partial charge in [-0.05, 0) is 30.6 Å². The highest BCUT2D eigenvalue weighted by Gasteiger charge is 2.25. The lowest BCUT2D eigenvalue weighted by atomic mass is 10.2. The molecule has 0 saturated carbocycles. The van der Waals surface area contributed by atoms with Crippen molar-refractivity contribution in [1.29, 1.82) is 0 Å². The van der Waals surface area contributed by atoms with E-state index < -0.39 is 11.6 Å². The van der Waals surface area contributed by atoms with Gasteiger partial charge in [-0.3, -0.25) is 4.79 Å². The molecule has 0 unspecified atom stereocenters. The Kier molecular flexibility index (Phi) is 5.75. The first-order chi connectivity index (χ1) is 15.0. The van der Waals surface area contributed by atoms with E-state index in [1.807, 2.05) is 0 Å². The lowest BCUT2D eigenvalue weighted by molar-refractivity contribution is -0.125. The largest absolute Gasteiger partial charge is 0.478 e. The molecule has 1 atom stereocenters. The molecule has 8 nitrogen and oxygen atoms in total. The van der Waals surface area contributed by atoms with Crippen LogP contribution < -0.4 is 10.1 Å². The molecule has 10 heteroatoms. The number of hydrogen-bond donors (Lipinski definition) is 2. The van der Waals surface area contributed by atoms with E-state index in [2.05, 4.69) is 43.7 Å². The van der Waals surface area contributed by atoms with Crippen molar-refractivity contribution < 1.29 is 18.3 Å². The van der Waals surface area contributed by atoms with Crippen molar-refractivity contribution in [1.82, 2.24) is 24.8 Å². The number of H-pyrrole nitrogens is 1. The van der Waals surface area contributed by atoms with Crippen molar-refractivity contribution in [2.24, 2.45) is 0 Å². The average Bonchev–Trinajstić information content (AvgIpc) is 3.41. The number of ether oxygens (including phenoxy) is 1. The van der Waals surface area contributed by atoms with Crippen LogP contribution in [-0.2, 0) is 4.79 Å². The first kappa shape index (κ1) is 20.3. The molecule has 1 saturated heterocycles. The van der Waals surface area contributed by atoms with Crippen molar-refractivity contribution in [2.45, 2.75) is 12.5 Å². The van der Waals surface area contributed by atoms with Gasteiger partial charge in [-0.1, -0.05) is 18.6 Å². The normalized spacial score (nSPS) is 15.4. The second-order valence-electron chi connectivity index (χ2n) is 6.77. The molecule has 4 rings (SSSR count). The summed E-state index contributed by atoms with van der Waals surface area (Å²) in [6.07, 6.45) is 3.48. The van der Waals surface area contributed by atoms with Gasteiger partial charge in [-0.15, -0.1) is 0 Å². The zero-order valence-electron chi connectivity index (χ0n) is 16.4. The third-order valence-electron chi connectivity index (χ3n) is 4.72. The number of nitrogens with one attached hydrogen (secondary N) is 2. The molecular formula is C21H18F2N6O2. The van der Waals surface area contributed by atoms with Crippen LogP contribution in [-0.4, -0.2) is 56.5 Å². The fraction of sp³-hybridized carbons (Fsp3) is 0.238. The fourth-order valence-electron chi connectivity index (χ4n) is 3.22. The van der Waals surface area contributed by atoms with Gasteiger partial charge in [-0.2, -0.15) is 4.39 Å². The zero-order valence-corrected chi connectivity index (χ0v) is 16.4. The van der Waals surface area contributed by atoms with Crippen LogP contribution in [0.5, 0.6) is 5.75 Å². The average molecular weight is 424 g/mol. The summed E-state index contributed by atoms with van der Waals surface area (Å²) >= 11 is 0. The third-order valence-corrected chi connectivity index (χ3v) is 4.72. The second kappa shape index (κ2) is 8.79. The van der Waals surface area contributed by atoms with Crippen molar-refractivity contribution >= 4 is 22.9 Å². The van der Waals surface area contributed by atoms with Gasteiger partial charge in [0.15, 0.2) is 34.4 Å². The molecule has 2 aromatic heterocycles. The number of halogens is 2. The van der Waals surface area contributed by atoms with Crippen LogP contribution in [0.3, 0.4) is 0 Å². The van der Waals surface area contributed by atoms with Crippen LogP contribution in [0.25, 0.3) is 11.2 Å². The Hall–Kier alpha value is -4.00. The Labute approximate surface area is 176 Å². The topological polar surface area (TPSA) is 96.0 Å². The number of hydrogen-bond acceptors (Lipinski definition) is 6. The monoisotopic (exact) mass is 424 g/mol. The van der Waals surface area contributed by atoms with Crippen LogP contribution >= 0.6 is 0 Å². The Morgan fingerprint density at radius 1 is 1.42 bits per heavy atom. The van der Waals surface area contributed by atoms with Crippen LogP contribution in [0.2, 0.25) is 0 Å². The summed E-state index contributed by atoms with van der Waals surface area (Å²) in [5.41, 5.74) is 1.01. The number of benzene rings is 1. The molecule has 0 radical (unpaired) electrons. The lowest BCUT2D eigenvalue weighted by Crippen LogP contribution is -2.30. The van der Waals surface area contributed by atoms with E-state index in [1.165, 1.54) is 24.5 Å². The van der Waals surface area contributed by atoms with Crippen molar-refractivity contribution in [2.75, 3.05) is 25.0 Å². The SMILES string of the molecule is C=CC(=O)N1CC[C@@H](Nc2ncnc3[nH]c(C#CCOc4cccc(F)c4F)nc23)C1. The minimum atomic E-state index is -1.06. The van der Waals surface area contributed by atoms with E-state index in [0.29, 0.717) is 35.9 Å². The summed E-state index contributed by atoms with van der Waals surface area (Å²) in [4.78, 5) is 29.2. The molecule has 0 spiro atoms. The number of fused-ring (bicyclic) bond motifs is 1. The summed E-state index contributed by atoms with van der Waals surface area (Å²) in [7, 11) is 0. The highest BCUT2D eigenvalue weighted by atomic mass is 19.2. The number of aromatic nitrogens is 4. The number of amides is 1. The van der Waals surface area contributed by atoms with Crippen molar-refractivity contribution in [3.8, 4) is 17.6 Å². The lowest BCUT2D eigenvalue weighted by Gasteiger charge is -2.15. The number of imidazole rings is 1. The van der Waals surface area contributed by atoms with E-state index in [4.69, 9.17) is 4.74 Å². The number of carbonyl (C=O) groups is 1. The number of likely N-dealkylation sites (tertiary alicyclic amines) is 1. The predicted octanol–water partition coefficient (Wildman–Crippen LogP) is 2.26. The minimum Gasteiger partial charge on any atom is -0.478 e. The number of rotatable bonds is 5. The smallest absolute Gasteiger partial charge is 0.246 e. The molecule has 0 bridgehead atoms. The van der Waals surface area contributed by atoms with Gasteiger partial charge in [0.05, 0.1) is 0 Å². The van der Waals surface area contributed by atoms with E-state index >= 15 is 0 Å². The van der Waals surface area contributed by atoms with Crippen molar-refractivity contribution in [3.05, 3.63) is 54.6 Å². The molecule has 1 aromatic carbocycles. The van der Waals surface area contributed by atoms with E-state index in [9.17, 15) is 13.6 Å². The zero-order chi connectivity index (χ0) is 21.8. The van der Waals surface area contributed by atoms with Crippen LogP contribution in [0.15, 0.2) is 37.2 Å². The Morgan fingerprint density at radius 2 is 2.29 bits per heavy atom.